The van der Waals surface area contributed by atoms with Gasteiger partial charge in [-0.2, -0.15) is 0 Å². The van der Waals surface area contributed by atoms with Gasteiger partial charge in [0.1, 0.15) is 15.6 Å². The highest BCUT2D eigenvalue weighted by Gasteiger charge is 2.17. The fraction of sp³-hybridized carbons (Fsp3) is 0.0714. The van der Waals surface area contributed by atoms with Gasteiger partial charge in [-0.15, -0.1) is 11.3 Å². The molecule has 4 nitrogen and oxygen atoms in total. The number of carbonyl (C=O) groups is 1. The SMILES string of the molecule is Cc1nc(-c2nccc3ccccc23)sc1C(=O)O. The van der Waals surface area contributed by atoms with Crippen LogP contribution in [0.1, 0.15) is 15.4 Å². The Bertz CT molecular complexity index is 775. The van der Waals surface area contributed by atoms with Gasteiger partial charge in [0.25, 0.3) is 0 Å². The molecule has 1 aromatic carbocycles. The molecule has 0 saturated carbocycles. The maximum Gasteiger partial charge on any atom is 0.347 e. The third-order valence-electron chi connectivity index (χ3n) is 2.87. The van der Waals surface area contributed by atoms with Gasteiger partial charge in [0.05, 0.1) is 5.69 Å². The molecule has 0 saturated heterocycles. The van der Waals surface area contributed by atoms with E-state index >= 15 is 0 Å². The fourth-order valence-electron chi connectivity index (χ4n) is 1.99. The summed E-state index contributed by atoms with van der Waals surface area (Å²) < 4.78 is 0. The molecule has 5 heteroatoms. The molecule has 0 amide bonds. The van der Waals surface area contributed by atoms with Gasteiger partial charge in [0.15, 0.2) is 0 Å². The van der Waals surface area contributed by atoms with Crippen molar-refractivity contribution in [1.29, 1.82) is 0 Å². The van der Waals surface area contributed by atoms with E-state index in [0.717, 1.165) is 27.8 Å². The van der Waals surface area contributed by atoms with Crippen molar-refractivity contribution in [3.05, 3.63) is 47.1 Å². The molecule has 1 N–H and O–H groups in total. The Labute approximate surface area is 113 Å². The molecule has 0 bridgehead atoms. The summed E-state index contributed by atoms with van der Waals surface area (Å²) in [5, 5.41) is 11.8. The Morgan fingerprint density at radius 2 is 2.05 bits per heavy atom. The number of aryl methyl sites for hydroxylation is 1. The first-order chi connectivity index (χ1) is 9.16. The predicted octanol–water partition coefficient (Wildman–Crippen LogP) is 3.36. The molecule has 3 aromatic rings. The van der Waals surface area contributed by atoms with Crippen LogP contribution in [0.4, 0.5) is 0 Å². The summed E-state index contributed by atoms with van der Waals surface area (Å²) in [6.45, 7) is 1.70. The number of aromatic nitrogens is 2. The first-order valence-electron chi connectivity index (χ1n) is 5.71. The van der Waals surface area contributed by atoms with E-state index in [9.17, 15) is 4.79 Å². The van der Waals surface area contributed by atoms with E-state index in [1.165, 1.54) is 0 Å². The molecule has 3 rings (SSSR count). The molecular formula is C14H10N2O2S. The lowest BCUT2D eigenvalue weighted by Crippen LogP contribution is -1.94. The molecule has 0 atom stereocenters. The molecule has 0 radical (unpaired) electrons. The molecule has 0 aliphatic rings. The molecular weight excluding hydrogens is 260 g/mol. The topological polar surface area (TPSA) is 63.1 Å². The Balaban J connectivity index is 2.25. The summed E-state index contributed by atoms with van der Waals surface area (Å²) in [5.41, 5.74) is 1.26. The van der Waals surface area contributed by atoms with E-state index in [4.69, 9.17) is 5.11 Å². The number of rotatable bonds is 2. The van der Waals surface area contributed by atoms with Crippen molar-refractivity contribution < 1.29 is 9.90 Å². The van der Waals surface area contributed by atoms with Gasteiger partial charge in [-0.3, -0.25) is 4.98 Å². The lowest BCUT2D eigenvalue weighted by atomic mass is 10.1. The van der Waals surface area contributed by atoms with Gasteiger partial charge >= 0.3 is 5.97 Å². The molecule has 0 spiro atoms. The average molecular weight is 270 g/mol. The zero-order valence-corrected chi connectivity index (χ0v) is 10.9. The third kappa shape index (κ3) is 1.98. The number of nitrogens with zero attached hydrogens (tertiary/aromatic N) is 2. The van der Waals surface area contributed by atoms with E-state index in [-0.39, 0.29) is 4.88 Å². The molecule has 19 heavy (non-hydrogen) atoms. The number of hydrogen-bond acceptors (Lipinski definition) is 4. The lowest BCUT2D eigenvalue weighted by molar-refractivity contribution is 0.0701. The van der Waals surface area contributed by atoms with Crippen molar-refractivity contribution >= 4 is 28.1 Å². The maximum absolute atomic E-state index is 11.1. The minimum atomic E-state index is -0.943. The zero-order chi connectivity index (χ0) is 13.4. The zero-order valence-electron chi connectivity index (χ0n) is 10.1. The minimum absolute atomic E-state index is 0.268. The maximum atomic E-state index is 11.1. The van der Waals surface area contributed by atoms with Crippen LogP contribution in [0, 0.1) is 6.92 Å². The largest absolute Gasteiger partial charge is 0.477 e. The average Bonchev–Trinajstić information content (AvgIpc) is 2.80. The van der Waals surface area contributed by atoms with Gasteiger partial charge in [0, 0.05) is 11.6 Å². The van der Waals surface area contributed by atoms with Gasteiger partial charge in [-0.25, -0.2) is 9.78 Å². The minimum Gasteiger partial charge on any atom is -0.477 e. The van der Waals surface area contributed by atoms with Crippen LogP contribution in [0.5, 0.6) is 0 Å². The summed E-state index contributed by atoms with van der Waals surface area (Å²) >= 11 is 1.16. The molecule has 0 aliphatic heterocycles. The summed E-state index contributed by atoms with van der Waals surface area (Å²) in [4.78, 5) is 20.0. The Morgan fingerprint density at radius 3 is 2.79 bits per heavy atom. The highest BCUT2D eigenvalue weighted by atomic mass is 32.1. The van der Waals surface area contributed by atoms with Crippen LogP contribution in [-0.4, -0.2) is 21.0 Å². The molecule has 0 unspecified atom stereocenters. The number of carboxylic acids is 1. The van der Waals surface area contributed by atoms with Gasteiger partial charge < -0.3 is 5.11 Å². The second-order valence-electron chi connectivity index (χ2n) is 4.12. The Kier molecular flexibility index (Phi) is 2.76. The standard InChI is InChI=1S/C14H10N2O2S/c1-8-12(14(17)18)19-13(16-8)11-10-5-3-2-4-9(10)6-7-15-11/h2-7H,1H3,(H,17,18). The van der Waals surface area contributed by atoms with Gasteiger partial charge in [-0.05, 0) is 18.4 Å². The second kappa shape index (κ2) is 4.44. The van der Waals surface area contributed by atoms with Crippen LogP contribution in [0.15, 0.2) is 36.5 Å². The third-order valence-corrected chi connectivity index (χ3v) is 4.02. The lowest BCUT2D eigenvalue weighted by Gasteiger charge is -2.01. The Hall–Kier alpha value is -2.27. The van der Waals surface area contributed by atoms with Crippen LogP contribution >= 0.6 is 11.3 Å². The monoisotopic (exact) mass is 270 g/mol. The van der Waals surface area contributed by atoms with Crippen LogP contribution in [0.3, 0.4) is 0 Å². The normalized spacial score (nSPS) is 10.8. The number of hydrogen-bond donors (Lipinski definition) is 1. The number of pyridine rings is 1. The number of benzene rings is 1. The highest BCUT2D eigenvalue weighted by Crippen LogP contribution is 2.31. The number of thiazole rings is 1. The van der Waals surface area contributed by atoms with Crippen molar-refractivity contribution in [2.75, 3.05) is 0 Å². The van der Waals surface area contributed by atoms with E-state index in [1.807, 2.05) is 30.3 Å². The van der Waals surface area contributed by atoms with Gasteiger partial charge in [-0.1, -0.05) is 24.3 Å². The summed E-state index contributed by atoms with van der Waals surface area (Å²) in [6.07, 6.45) is 1.72. The highest BCUT2D eigenvalue weighted by molar-refractivity contribution is 7.17. The first kappa shape index (κ1) is 11.8. The number of fused-ring (bicyclic) bond motifs is 1. The molecule has 0 fully saturated rings. The van der Waals surface area contributed by atoms with Crippen LogP contribution in [0.25, 0.3) is 21.5 Å². The fourth-order valence-corrected chi connectivity index (χ4v) is 2.90. The van der Waals surface area contributed by atoms with Crippen molar-refractivity contribution in [2.24, 2.45) is 0 Å². The predicted molar refractivity (Wildman–Crippen MR) is 74.5 cm³/mol. The smallest absolute Gasteiger partial charge is 0.347 e. The summed E-state index contributed by atoms with van der Waals surface area (Å²) in [5.74, 6) is -0.943. The van der Waals surface area contributed by atoms with Crippen molar-refractivity contribution in [3.63, 3.8) is 0 Å². The van der Waals surface area contributed by atoms with E-state index < -0.39 is 5.97 Å². The molecule has 2 heterocycles. The van der Waals surface area contributed by atoms with E-state index in [0.29, 0.717) is 10.7 Å². The van der Waals surface area contributed by atoms with E-state index in [2.05, 4.69) is 9.97 Å². The van der Waals surface area contributed by atoms with Crippen LogP contribution in [0.2, 0.25) is 0 Å². The quantitative estimate of drug-likeness (QED) is 0.775. The number of aromatic carboxylic acids is 1. The van der Waals surface area contributed by atoms with Crippen LogP contribution in [-0.2, 0) is 0 Å². The first-order valence-corrected chi connectivity index (χ1v) is 6.53. The van der Waals surface area contributed by atoms with Crippen LogP contribution < -0.4 is 0 Å². The Morgan fingerprint density at radius 1 is 1.26 bits per heavy atom. The van der Waals surface area contributed by atoms with Crippen molar-refractivity contribution in [3.8, 4) is 10.7 Å². The molecule has 94 valence electrons. The number of carboxylic acid groups (broad SMARTS) is 1. The molecule has 0 aliphatic carbocycles. The second-order valence-corrected chi connectivity index (χ2v) is 5.12. The molecule has 2 aromatic heterocycles. The summed E-state index contributed by atoms with van der Waals surface area (Å²) in [6, 6.07) is 9.79. The van der Waals surface area contributed by atoms with Gasteiger partial charge in [0.2, 0.25) is 0 Å². The van der Waals surface area contributed by atoms with E-state index in [1.54, 1.807) is 13.1 Å². The summed E-state index contributed by atoms with van der Waals surface area (Å²) in [7, 11) is 0. The van der Waals surface area contributed by atoms with Crippen molar-refractivity contribution in [1.82, 2.24) is 9.97 Å². The van der Waals surface area contributed by atoms with Crippen molar-refractivity contribution in [2.45, 2.75) is 6.92 Å².